The lowest BCUT2D eigenvalue weighted by molar-refractivity contribution is 0.0924. The van der Waals surface area contributed by atoms with Gasteiger partial charge in [-0.25, -0.2) is 4.98 Å². The zero-order valence-electron chi connectivity index (χ0n) is 16.9. The average molecular weight is 424 g/mol. The number of piperidine rings is 1. The van der Waals surface area contributed by atoms with Crippen molar-refractivity contribution in [3.05, 3.63) is 65.9 Å². The van der Waals surface area contributed by atoms with Crippen molar-refractivity contribution in [1.82, 2.24) is 15.6 Å². The summed E-state index contributed by atoms with van der Waals surface area (Å²) < 4.78 is 6.02. The Bertz CT molecular complexity index is 1020. The molecule has 6 heteroatoms. The minimum Gasteiger partial charge on any atom is -0.436 e. The third kappa shape index (κ3) is 4.13. The molecule has 2 aliphatic rings. The van der Waals surface area contributed by atoms with Crippen LogP contribution in [-0.2, 0) is 0 Å². The Kier molecular flexibility index (Phi) is 5.93. The zero-order valence-corrected chi connectivity index (χ0v) is 17.7. The molecule has 2 bridgehead atoms. The van der Waals surface area contributed by atoms with E-state index in [-0.39, 0.29) is 24.4 Å². The second kappa shape index (κ2) is 8.62. The Morgan fingerprint density at radius 1 is 1.07 bits per heavy atom. The summed E-state index contributed by atoms with van der Waals surface area (Å²) in [5.41, 5.74) is 3.50. The number of rotatable bonds is 4. The van der Waals surface area contributed by atoms with Crippen molar-refractivity contribution in [3.63, 3.8) is 0 Å². The normalized spacial score (nSPS) is 22.4. The van der Waals surface area contributed by atoms with Gasteiger partial charge in [0.15, 0.2) is 5.76 Å². The Morgan fingerprint density at radius 3 is 2.50 bits per heavy atom. The van der Waals surface area contributed by atoms with Crippen molar-refractivity contribution in [1.29, 1.82) is 0 Å². The fourth-order valence-electron chi connectivity index (χ4n) is 4.56. The van der Waals surface area contributed by atoms with E-state index in [1.807, 2.05) is 48.5 Å². The molecule has 0 radical (unpaired) electrons. The molecule has 2 saturated heterocycles. The summed E-state index contributed by atoms with van der Waals surface area (Å²) in [6.45, 7) is 2.05. The van der Waals surface area contributed by atoms with Gasteiger partial charge in [-0.1, -0.05) is 42.0 Å². The summed E-state index contributed by atoms with van der Waals surface area (Å²) in [5.74, 6) is 1.11. The van der Waals surface area contributed by atoms with Gasteiger partial charge in [0.1, 0.15) is 0 Å². The Labute approximate surface area is 182 Å². The van der Waals surface area contributed by atoms with Gasteiger partial charge in [-0.15, -0.1) is 12.4 Å². The highest BCUT2D eigenvalue weighted by atomic mass is 35.5. The molecule has 2 atom stereocenters. The van der Waals surface area contributed by atoms with Crippen molar-refractivity contribution in [2.24, 2.45) is 0 Å². The molecule has 2 unspecified atom stereocenters. The number of halogens is 1. The van der Waals surface area contributed by atoms with Crippen LogP contribution >= 0.6 is 12.4 Å². The topological polar surface area (TPSA) is 67.2 Å². The monoisotopic (exact) mass is 423 g/mol. The molecule has 2 fully saturated rings. The van der Waals surface area contributed by atoms with E-state index < -0.39 is 0 Å². The molecule has 0 aliphatic carbocycles. The molecule has 2 aromatic carbocycles. The van der Waals surface area contributed by atoms with E-state index in [0.717, 1.165) is 24.0 Å². The van der Waals surface area contributed by atoms with Crippen LogP contribution in [0.25, 0.3) is 22.8 Å². The van der Waals surface area contributed by atoms with Gasteiger partial charge in [0.25, 0.3) is 5.91 Å². The molecule has 5 nitrogen and oxygen atoms in total. The van der Waals surface area contributed by atoms with E-state index in [9.17, 15) is 4.79 Å². The lowest BCUT2D eigenvalue weighted by Crippen LogP contribution is -2.48. The number of carbonyl (C=O) groups is 1. The first-order valence-electron chi connectivity index (χ1n) is 10.3. The SMILES string of the molecule is Cc1ccc(-c2cnc(-c3ccccc3C(=O)NC3CC4CCC(C3)N4)o2)cc1.Cl. The molecule has 2 N–H and O–H groups in total. The van der Waals surface area contributed by atoms with E-state index >= 15 is 0 Å². The van der Waals surface area contributed by atoms with Gasteiger partial charge in [0.2, 0.25) is 5.89 Å². The van der Waals surface area contributed by atoms with Crippen LogP contribution < -0.4 is 10.6 Å². The number of fused-ring (bicyclic) bond motifs is 2. The molecule has 3 heterocycles. The number of aryl methyl sites for hydroxylation is 1. The third-order valence-corrected chi connectivity index (χ3v) is 6.05. The summed E-state index contributed by atoms with van der Waals surface area (Å²) in [4.78, 5) is 17.5. The van der Waals surface area contributed by atoms with Crippen LogP contribution in [-0.4, -0.2) is 29.0 Å². The fourth-order valence-corrected chi connectivity index (χ4v) is 4.56. The summed E-state index contributed by atoms with van der Waals surface area (Å²) in [6.07, 6.45) is 6.15. The predicted octanol–water partition coefficient (Wildman–Crippen LogP) is 4.75. The first-order chi connectivity index (χ1) is 14.2. The maximum Gasteiger partial charge on any atom is 0.252 e. The molecule has 156 valence electrons. The number of aromatic nitrogens is 1. The van der Waals surface area contributed by atoms with Crippen LogP contribution in [0.1, 0.15) is 41.6 Å². The van der Waals surface area contributed by atoms with Crippen LogP contribution in [0, 0.1) is 6.92 Å². The smallest absolute Gasteiger partial charge is 0.252 e. The summed E-state index contributed by atoms with van der Waals surface area (Å²) >= 11 is 0. The second-order valence-corrected chi connectivity index (χ2v) is 8.22. The van der Waals surface area contributed by atoms with Crippen molar-refractivity contribution >= 4 is 18.3 Å². The number of nitrogens with one attached hydrogen (secondary N) is 2. The molecule has 5 rings (SSSR count). The Balaban J connectivity index is 0.00000218. The van der Waals surface area contributed by atoms with Gasteiger partial charge in [-0.05, 0) is 44.7 Å². The maximum absolute atomic E-state index is 13.1. The summed E-state index contributed by atoms with van der Waals surface area (Å²) in [7, 11) is 0. The Hall–Kier alpha value is -2.63. The molecular formula is C24H26ClN3O2. The lowest BCUT2D eigenvalue weighted by Gasteiger charge is -2.29. The number of oxazole rings is 1. The molecular weight excluding hydrogens is 398 g/mol. The van der Waals surface area contributed by atoms with Crippen molar-refractivity contribution in [2.45, 2.75) is 50.7 Å². The largest absolute Gasteiger partial charge is 0.436 e. The van der Waals surface area contributed by atoms with Crippen LogP contribution in [0.5, 0.6) is 0 Å². The predicted molar refractivity (Wildman–Crippen MR) is 120 cm³/mol. The average Bonchev–Trinajstić information content (AvgIpc) is 3.35. The van der Waals surface area contributed by atoms with Gasteiger partial charge in [0.05, 0.1) is 11.8 Å². The molecule has 0 spiro atoms. The van der Waals surface area contributed by atoms with E-state index in [0.29, 0.717) is 29.3 Å². The standard InChI is InChI=1S/C24H25N3O2.ClH/c1-15-6-8-16(9-7-15)22-14-25-24(29-22)21-5-3-2-4-20(21)23(28)27-19-12-17-10-11-18(13-19)26-17;/h2-9,14,17-19,26H,10-13H2,1H3,(H,27,28);1H. The van der Waals surface area contributed by atoms with Crippen molar-refractivity contribution in [2.75, 3.05) is 0 Å². The third-order valence-electron chi connectivity index (χ3n) is 6.05. The molecule has 3 aromatic rings. The minimum absolute atomic E-state index is 0. The second-order valence-electron chi connectivity index (χ2n) is 8.22. The van der Waals surface area contributed by atoms with Crippen LogP contribution in [0.3, 0.4) is 0 Å². The van der Waals surface area contributed by atoms with Crippen LogP contribution in [0.2, 0.25) is 0 Å². The van der Waals surface area contributed by atoms with Gasteiger partial charge in [-0.3, -0.25) is 4.79 Å². The first kappa shape index (κ1) is 20.6. The number of carbonyl (C=O) groups excluding carboxylic acids is 1. The first-order valence-corrected chi connectivity index (χ1v) is 10.3. The highest BCUT2D eigenvalue weighted by Crippen LogP contribution is 2.30. The summed E-state index contributed by atoms with van der Waals surface area (Å²) in [6, 6.07) is 17.0. The molecule has 0 saturated carbocycles. The molecule has 30 heavy (non-hydrogen) atoms. The van der Waals surface area contributed by atoms with Crippen LogP contribution in [0.15, 0.2) is 59.1 Å². The quantitative estimate of drug-likeness (QED) is 0.635. The molecule has 1 aromatic heterocycles. The van der Waals surface area contributed by atoms with Crippen molar-refractivity contribution < 1.29 is 9.21 Å². The van der Waals surface area contributed by atoms with Gasteiger partial charge >= 0.3 is 0 Å². The number of nitrogens with zero attached hydrogens (tertiary/aromatic N) is 1. The number of hydrogen-bond acceptors (Lipinski definition) is 4. The minimum atomic E-state index is -0.0537. The lowest BCUT2D eigenvalue weighted by atomic mass is 9.98. The zero-order chi connectivity index (χ0) is 19.8. The van der Waals surface area contributed by atoms with E-state index in [1.165, 1.54) is 18.4 Å². The highest BCUT2D eigenvalue weighted by molar-refractivity contribution is 6.00. The van der Waals surface area contributed by atoms with Crippen molar-refractivity contribution in [3.8, 4) is 22.8 Å². The van der Waals surface area contributed by atoms with Crippen LogP contribution in [0.4, 0.5) is 0 Å². The van der Waals surface area contributed by atoms with Gasteiger partial charge in [0, 0.05) is 29.3 Å². The number of amides is 1. The maximum atomic E-state index is 13.1. The highest BCUT2D eigenvalue weighted by Gasteiger charge is 2.34. The molecule has 2 aliphatic heterocycles. The van der Waals surface area contributed by atoms with E-state index in [4.69, 9.17) is 4.42 Å². The molecule has 1 amide bonds. The van der Waals surface area contributed by atoms with Gasteiger partial charge in [-0.2, -0.15) is 0 Å². The summed E-state index contributed by atoms with van der Waals surface area (Å²) in [5, 5.41) is 6.86. The van der Waals surface area contributed by atoms with E-state index in [1.54, 1.807) is 6.20 Å². The Morgan fingerprint density at radius 2 is 1.77 bits per heavy atom. The number of benzene rings is 2. The fraction of sp³-hybridized carbons (Fsp3) is 0.333. The van der Waals surface area contributed by atoms with E-state index in [2.05, 4.69) is 22.5 Å². The number of hydrogen-bond donors (Lipinski definition) is 2. The van der Waals surface area contributed by atoms with Gasteiger partial charge < -0.3 is 15.1 Å².